The predicted molar refractivity (Wildman–Crippen MR) is 87.5 cm³/mol. The van der Waals surface area contributed by atoms with Gasteiger partial charge in [-0.3, -0.25) is 9.69 Å². The number of nitrogens with zero attached hydrogens (tertiary/aromatic N) is 1. The van der Waals surface area contributed by atoms with E-state index in [-0.39, 0.29) is 5.91 Å². The Bertz CT molecular complexity index is 480. The Hall–Kier alpha value is -1.10. The molecule has 1 aliphatic rings. The van der Waals surface area contributed by atoms with E-state index in [0.29, 0.717) is 35.8 Å². The molecule has 0 saturated heterocycles. The lowest BCUT2D eigenvalue weighted by atomic mass is 10.0. The van der Waals surface area contributed by atoms with Gasteiger partial charge in [0.05, 0.1) is 17.3 Å². The Morgan fingerprint density at radius 3 is 2.86 bits per heavy atom. The summed E-state index contributed by atoms with van der Waals surface area (Å²) in [5.41, 5.74) is 6.51. The van der Waals surface area contributed by atoms with Crippen LogP contribution in [0.3, 0.4) is 0 Å². The molecule has 4 nitrogen and oxygen atoms in total. The van der Waals surface area contributed by atoms with E-state index >= 15 is 0 Å². The Morgan fingerprint density at radius 2 is 2.19 bits per heavy atom. The number of carbonyl (C=O) groups excluding carboxylic acids is 1. The largest absolute Gasteiger partial charge is 0.330 e. The number of para-hydroxylation sites is 1. The lowest BCUT2D eigenvalue weighted by Gasteiger charge is -2.31. The number of benzene rings is 1. The second-order valence-electron chi connectivity index (χ2n) is 5.59. The first-order chi connectivity index (χ1) is 10.2. The van der Waals surface area contributed by atoms with Gasteiger partial charge in [0.15, 0.2) is 0 Å². The van der Waals surface area contributed by atoms with Crippen LogP contribution in [0.1, 0.15) is 26.2 Å². The van der Waals surface area contributed by atoms with E-state index in [1.165, 1.54) is 12.8 Å². The summed E-state index contributed by atoms with van der Waals surface area (Å²) in [7, 11) is 0. The minimum Gasteiger partial charge on any atom is -0.330 e. The highest BCUT2D eigenvalue weighted by Gasteiger charge is 2.31. The molecule has 0 radical (unpaired) electrons. The average Bonchev–Trinajstić information content (AvgIpc) is 2.95. The number of anilines is 1. The summed E-state index contributed by atoms with van der Waals surface area (Å²) >= 11 is 6.07. The van der Waals surface area contributed by atoms with Crippen molar-refractivity contribution in [1.29, 1.82) is 0 Å². The van der Waals surface area contributed by atoms with Crippen LogP contribution < -0.4 is 11.1 Å². The highest BCUT2D eigenvalue weighted by atomic mass is 35.5. The Balaban J connectivity index is 1.95. The van der Waals surface area contributed by atoms with Crippen LogP contribution in [-0.2, 0) is 4.79 Å². The molecule has 1 saturated carbocycles. The Morgan fingerprint density at radius 1 is 1.43 bits per heavy atom. The molecule has 21 heavy (non-hydrogen) atoms. The van der Waals surface area contributed by atoms with Crippen molar-refractivity contribution in [2.45, 2.75) is 32.2 Å². The van der Waals surface area contributed by atoms with Crippen molar-refractivity contribution in [3.63, 3.8) is 0 Å². The molecule has 0 aliphatic heterocycles. The fourth-order valence-corrected chi connectivity index (χ4v) is 3.36. The summed E-state index contributed by atoms with van der Waals surface area (Å²) < 4.78 is 0. The van der Waals surface area contributed by atoms with Crippen molar-refractivity contribution in [3.8, 4) is 0 Å². The van der Waals surface area contributed by atoms with E-state index in [9.17, 15) is 4.79 Å². The zero-order chi connectivity index (χ0) is 15.2. The van der Waals surface area contributed by atoms with Gasteiger partial charge in [-0.15, -0.1) is 0 Å². The molecule has 0 bridgehead atoms. The van der Waals surface area contributed by atoms with Gasteiger partial charge in [-0.2, -0.15) is 0 Å². The zero-order valence-corrected chi connectivity index (χ0v) is 13.3. The van der Waals surface area contributed by atoms with Gasteiger partial charge in [0.25, 0.3) is 0 Å². The van der Waals surface area contributed by atoms with Crippen LogP contribution in [0, 0.1) is 5.92 Å². The van der Waals surface area contributed by atoms with Gasteiger partial charge >= 0.3 is 0 Å². The number of carbonyl (C=O) groups is 1. The maximum Gasteiger partial charge on any atom is 0.238 e. The van der Waals surface area contributed by atoms with Gasteiger partial charge in [0, 0.05) is 6.04 Å². The Labute approximate surface area is 131 Å². The number of halogens is 1. The molecule has 2 atom stereocenters. The summed E-state index contributed by atoms with van der Waals surface area (Å²) in [6, 6.07) is 7.73. The zero-order valence-electron chi connectivity index (χ0n) is 12.5. The third-order valence-corrected chi connectivity index (χ3v) is 4.62. The fraction of sp³-hybridized carbons (Fsp3) is 0.562. The van der Waals surface area contributed by atoms with E-state index in [1.54, 1.807) is 6.07 Å². The Kier molecular flexibility index (Phi) is 6.03. The first kappa shape index (κ1) is 16.3. The maximum atomic E-state index is 12.2. The molecule has 2 unspecified atom stereocenters. The number of hydrogen-bond donors (Lipinski definition) is 2. The standard InChI is InChI=1S/C16H24ClN3O/c1-2-20(15-9-5-6-12(15)10-18)11-16(21)19-14-8-4-3-7-13(14)17/h3-4,7-8,12,15H,2,5-6,9-11,18H2,1H3,(H,19,21). The molecule has 3 N–H and O–H groups in total. The van der Waals surface area contributed by atoms with Crippen LogP contribution in [0.4, 0.5) is 5.69 Å². The molecule has 1 aromatic carbocycles. The second-order valence-corrected chi connectivity index (χ2v) is 5.99. The lowest BCUT2D eigenvalue weighted by Crippen LogP contribution is -2.44. The molecule has 0 heterocycles. The number of nitrogens with two attached hydrogens (primary N) is 1. The first-order valence-corrected chi connectivity index (χ1v) is 8.02. The molecule has 116 valence electrons. The second kappa shape index (κ2) is 7.78. The monoisotopic (exact) mass is 309 g/mol. The van der Waals surface area contributed by atoms with Crippen LogP contribution >= 0.6 is 11.6 Å². The smallest absolute Gasteiger partial charge is 0.238 e. The highest BCUT2D eigenvalue weighted by Crippen LogP contribution is 2.29. The predicted octanol–water partition coefficient (Wildman–Crippen LogP) is 2.73. The molecule has 2 rings (SSSR count). The van der Waals surface area contributed by atoms with E-state index in [2.05, 4.69) is 17.1 Å². The van der Waals surface area contributed by atoms with Gasteiger partial charge in [0.2, 0.25) is 5.91 Å². The highest BCUT2D eigenvalue weighted by molar-refractivity contribution is 6.33. The van der Waals surface area contributed by atoms with Crippen molar-refractivity contribution in [1.82, 2.24) is 4.90 Å². The number of likely N-dealkylation sites (N-methyl/N-ethyl adjacent to an activating group) is 1. The van der Waals surface area contributed by atoms with Crippen LogP contribution in [-0.4, -0.2) is 36.5 Å². The first-order valence-electron chi connectivity index (χ1n) is 7.64. The van der Waals surface area contributed by atoms with E-state index < -0.39 is 0 Å². The summed E-state index contributed by atoms with van der Waals surface area (Å²) in [6.07, 6.45) is 3.51. The third kappa shape index (κ3) is 4.19. The quantitative estimate of drug-likeness (QED) is 0.849. The van der Waals surface area contributed by atoms with Crippen molar-refractivity contribution < 1.29 is 4.79 Å². The van der Waals surface area contributed by atoms with Gasteiger partial charge < -0.3 is 11.1 Å². The molecular formula is C16H24ClN3O. The number of amides is 1. The van der Waals surface area contributed by atoms with E-state index in [1.807, 2.05) is 18.2 Å². The van der Waals surface area contributed by atoms with Gasteiger partial charge in [-0.1, -0.05) is 37.1 Å². The normalized spacial score (nSPS) is 21.7. The van der Waals surface area contributed by atoms with Gasteiger partial charge in [0.1, 0.15) is 0 Å². The molecular weight excluding hydrogens is 286 g/mol. The lowest BCUT2D eigenvalue weighted by molar-refractivity contribution is -0.118. The molecule has 5 heteroatoms. The maximum absolute atomic E-state index is 12.2. The van der Waals surface area contributed by atoms with Crippen LogP contribution in [0.25, 0.3) is 0 Å². The number of hydrogen-bond acceptors (Lipinski definition) is 3. The molecule has 0 aromatic heterocycles. The topological polar surface area (TPSA) is 58.4 Å². The van der Waals surface area contributed by atoms with Crippen molar-refractivity contribution in [2.24, 2.45) is 11.7 Å². The number of nitrogens with one attached hydrogen (secondary N) is 1. The van der Waals surface area contributed by atoms with Crippen LogP contribution in [0.5, 0.6) is 0 Å². The van der Waals surface area contributed by atoms with Crippen molar-refractivity contribution in [3.05, 3.63) is 29.3 Å². The van der Waals surface area contributed by atoms with E-state index in [4.69, 9.17) is 17.3 Å². The minimum atomic E-state index is -0.0207. The molecule has 0 spiro atoms. The summed E-state index contributed by atoms with van der Waals surface area (Å²) in [4.78, 5) is 14.5. The summed E-state index contributed by atoms with van der Waals surface area (Å²) in [5, 5.41) is 3.45. The van der Waals surface area contributed by atoms with Crippen molar-refractivity contribution in [2.75, 3.05) is 25.0 Å². The van der Waals surface area contributed by atoms with Crippen LogP contribution in [0.2, 0.25) is 5.02 Å². The molecule has 1 amide bonds. The minimum absolute atomic E-state index is 0.0207. The van der Waals surface area contributed by atoms with Crippen molar-refractivity contribution >= 4 is 23.2 Å². The molecule has 1 fully saturated rings. The molecule has 1 aliphatic carbocycles. The van der Waals surface area contributed by atoms with E-state index in [0.717, 1.165) is 13.0 Å². The SMILES string of the molecule is CCN(CC(=O)Nc1ccccc1Cl)C1CCCC1CN. The summed E-state index contributed by atoms with van der Waals surface area (Å²) in [6.45, 7) is 4.04. The average molecular weight is 310 g/mol. The van der Waals surface area contributed by atoms with Gasteiger partial charge in [-0.05, 0) is 44.0 Å². The fourth-order valence-electron chi connectivity index (χ4n) is 3.17. The van der Waals surface area contributed by atoms with Crippen LogP contribution in [0.15, 0.2) is 24.3 Å². The van der Waals surface area contributed by atoms with Gasteiger partial charge in [-0.25, -0.2) is 0 Å². The number of rotatable bonds is 6. The molecule has 1 aromatic rings. The summed E-state index contributed by atoms with van der Waals surface area (Å²) in [5.74, 6) is 0.491. The third-order valence-electron chi connectivity index (χ3n) is 4.29.